The number of hydrogen-bond acceptors (Lipinski definition) is 7. The molecule has 2 N–H and O–H groups in total. The molecule has 0 atom stereocenters. The lowest BCUT2D eigenvalue weighted by Gasteiger charge is -2.07. The van der Waals surface area contributed by atoms with Crippen LogP contribution < -0.4 is 14.8 Å². The number of anilines is 1. The third-order valence-corrected chi connectivity index (χ3v) is 3.92. The van der Waals surface area contributed by atoms with E-state index in [1.807, 2.05) is 0 Å². The fourth-order valence-corrected chi connectivity index (χ4v) is 2.46. The van der Waals surface area contributed by atoms with Gasteiger partial charge in [-0.25, -0.2) is 0 Å². The van der Waals surface area contributed by atoms with Gasteiger partial charge in [0.05, 0.1) is 24.7 Å². The molecule has 29 heavy (non-hydrogen) atoms. The molecule has 2 aromatic carbocycles. The first kappa shape index (κ1) is 19.5. The Morgan fingerprint density at radius 2 is 1.93 bits per heavy atom. The number of H-pyrrole nitrogens is 1. The molecule has 148 valence electrons. The zero-order chi connectivity index (χ0) is 20.8. The van der Waals surface area contributed by atoms with E-state index in [9.17, 15) is 14.9 Å². The van der Waals surface area contributed by atoms with Crippen molar-refractivity contribution in [3.63, 3.8) is 0 Å². The number of aromatic nitrogens is 3. The number of nitro benzene ring substituents is 1. The van der Waals surface area contributed by atoms with Gasteiger partial charge < -0.3 is 9.47 Å². The lowest BCUT2D eigenvalue weighted by molar-refractivity contribution is -0.384. The summed E-state index contributed by atoms with van der Waals surface area (Å²) in [5.41, 5.74) is 1.28. The van der Waals surface area contributed by atoms with Crippen molar-refractivity contribution in [3.05, 3.63) is 64.2 Å². The molecule has 0 saturated heterocycles. The molecule has 0 aliphatic carbocycles. The minimum atomic E-state index is -0.487. The van der Waals surface area contributed by atoms with Crippen LogP contribution in [-0.2, 0) is 4.79 Å². The average Bonchev–Trinajstić information content (AvgIpc) is 3.20. The van der Waals surface area contributed by atoms with Crippen LogP contribution in [0.5, 0.6) is 11.5 Å². The maximum absolute atomic E-state index is 12.1. The zero-order valence-corrected chi connectivity index (χ0v) is 15.6. The van der Waals surface area contributed by atoms with Crippen LogP contribution in [-0.4, -0.2) is 40.2 Å². The Bertz CT molecular complexity index is 1060. The molecule has 0 aliphatic rings. The lowest BCUT2D eigenvalue weighted by atomic mass is 10.2. The van der Waals surface area contributed by atoms with E-state index in [4.69, 9.17) is 9.47 Å². The molecule has 0 saturated carbocycles. The second-order valence-electron chi connectivity index (χ2n) is 5.75. The van der Waals surface area contributed by atoms with Crippen molar-refractivity contribution in [2.24, 2.45) is 0 Å². The minimum absolute atomic E-state index is 0.0196. The van der Waals surface area contributed by atoms with Gasteiger partial charge >= 0.3 is 0 Å². The third-order valence-electron chi connectivity index (χ3n) is 3.92. The number of aromatic amines is 1. The molecule has 1 amide bonds. The summed E-state index contributed by atoms with van der Waals surface area (Å²) >= 11 is 0. The highest BCUT2D eigenvalue weighted by Crippen LogP contribution is 2.31. The molecule has 10 nitrogen and oxygen atoms in total. The number of carbonyl (C=O) groups excluding carboxylic acids is 1. The standard InChI is InChI=1S/C19H17N5O5/c1-28-14-8-9-15(16(11-14)29-2)18-21-19(23-22-18)20-17(25)10-5-12-3-6-13(7-4-12)24(26)27/h3-11H,1-2H3,(H2,20,21,22,23,25)/b10-5+. The summed E-state index contributed by atoms with van der Waals surface area (Å²) in [5.74, 6) is 1.23. The molecule has 1 heterocycles. The van der Waals surface area contributed by atoms with Crippen molar-refractivity contribution in [2.75, 3.05) is 19.5 Å². The number of amides is 1. The van der Waals surface area contributed by atoms with Crippen LogP contribution >= 0.6 is 0 Å². The highest BCUT2D eigenvalue weighted by molar-refractivity contribution is 6.01. The van der Waals surface area contributed by atoms with E-state index in [0.717, 1.165) is 0 Å². The third kappa shape index (κ3) is 4.75. The molecular weight excluding hydrogens is 378 g/mol. The van der Waals surface area contributed by atoms with E-state index in [0.29, 0.717) is 28.5 Å². The lowest BCUT2D eigenvalue weighted by Crippen LogP contribution is -2.09. The molecule has 3 aromatic rings. The van der Waals surface area contributed by atoms with Crippen molar-refractivity contribution in [3.8, 4) is 22.9 Å². The van der Waals surface area contributed by atoms with E-state index < -0.39 is 10.8 Å². The SMILES string of the molecule is COc1ccc(-c2nc(NC(=O)/C=C/c3ccc([N+](=O)[O-])cc3)n[nH]2)c(OC)c1. The van der Waals surface area contributed by atoms with Crippen molar-refractivity contribution in [1.82, 2.24) is 15.2 Å². The number of hydrogen-bond donors (Lipinski definition) is 2. The van der Waals surface area contributed by atoms with Crippen LogP contribution in [0, 0.1) is 10.1 Å². The van der Waals surface area contributed by atoms with Gasteiger partial charge in [-0.3, -0.25) is 25.3 Å². The van der Waals surface area contributed by atoms with Crippen molar-refractivity contribution in [1.29, 1.82) is 0 Å². The highest BCUT2D eigenvalue weighted by atomic mass is 16.6. The van der Waals surface area contributed by atoms with Crippen LogP contribution in [0.1, 0.15) is 5.56 Å². The molecule has 0 spiro atoms. The predicted octanol–water partition coefficient (Wildman–Crippen LogP) is 3.05. The Balaban J connectivity index is 1.68. The number of rotatable bonds is 7. The monoisotopic (exact) mass is 395 g/mol. The van der Waals surface area contributed by atoms with Gasteiger partial charge in [-0.05, 0) is 35.9 Å². The molecule has 0 fully saturated rings. The van der Waals surface area contributed by atoms with E-state index in [-0.39, 0.29) is 11.6 Å². The average molecular weight is 395 g/mol. The number of nitrogens with one attached hydrogen (secondary N) is 2. The van der Waals surface area contributed by atoms with E-state index in [2.05, 4.69) is 20.5 Å². The Kier molecular flexibility index (Phi) is 5.83. The summed E-state index contributed by atoms with van der Waals surface area (Å²) in [6.45, 7) is 0. The van der Waals surface area contributed by atoms with Crippen LogP contribution in [0.25, 0.3) is 17.5 Å². The molecule has 0 radical (unpaired) electrons. The van der Waals surface area contributed by atoms with Gasteiger partial charge in [-0.2, -0.15) is 4.98 Å². The van der Waals surface area contributed by atoms with Crippen LogP contribution in [0.4, 0.5) is 11.6 Å². The number of methoxy groups -OCH3 is 2. The molecule has 3 rings (SSSR count). The second kappa shape index (κ2) is 8.65. The molecule has 0 unspecified atom stereocenters. The van der Waals surface area contributed by atoms with Gasteiger partial charge in [-0.15, -0.1) is 5.10 Å². The fourth-order valence-electron chi connectivity index (χ4n) is 2.46. The molecule has 0 bridgehead atoms. The number of carbonyl (C=O) groups is 1. The summed E-state index contributed by atoms with van der Waals surface area (Å²) in [6, 6.07) is 11.0. The first-order valence-corrected chi connectivity index (χ1v) is 8.38. The van der Waals surface area contributed by atoms with Gasteiger partial charge in [0.1, 0.15) is 11.5 Å². The van der Waals surface area contributed by atoms with Gasteiger partial charge in [0.15, 0.2) is 5.82 Å². The molecule has 10 heteroatoms. The second-order valence-corrected chi connectivity index (χ2v) is 5.75. The number of nitro groups is 1. The maximum atomic E-state index is 12.1. The Morgan fingerprint density at radius 1 is 1.17 bits per heavy atom. The first-order chi connectivity index (χ1) is 14.0. The van der Waals surface area contributed by atoms with Gasteiger partial charge in [-0.1, -0.05) is 0 Å². The summed E-state index contributed by atoms with van der Waals surface area (Å²) in [7, 11) is 3.08. The topological polar surface area (TPSA) is 132 Å². The summed E-state index contributed by atoms with van der Waals surface area (Å²) in [4.78, 5) is 26.5. The van der Waals surface area contributed by atoms with E-state index in [1.54, 1.807) is 37.4 Å². The summed E-state index contributed by atoms with van der Waals surface area (Å²) in [5, 5.41) is 19.9. The minimum Gasteiger partial charge on any atom is -0.497 e. The number of nitrogens with zero attached hydrogens (tertiary/aromatic N) is 3. The maximum Gasteiger partial charge on any atom is 0.269 e. The van der Waals surface area contributed by atoms with E-state index in [1.165, 1.54) is 31.4 Å². The van der Waals surface area contributed by atoms with Gasteiger partial charge in [0.25, 0.3) is 11.6 Å². The number of ether oxygens (including phenoxy) is 2. The molecule has 0 aliphatic heterocycles. The van der Waals surface area contributed by atoms with Crippen molar-refractivity contribution in [2.45, 2.75) is 0 Å². The Hall–Kier alpha value is -4.21. The molecular formula is C19H17N5O5. The van der Waals surface area contributed by atoms with Crippen LogP contribution in [0.2, 0.25) is 0 Å². The zero-order valence-electron chi connectivity index (χ0n) is 15.6. The quantitative estimate of drug-likeness (QED) is 0.357. The largest absolute Gasteiger partial charge is 0.497 e. The predicted molar refractivity (Wildman–Crippen MR) is 106 cm³/mol. The first-order valence-electron chi connectivity index (χ1n) is 8.38. The summed E-state index contributed by atoms with van der Waals surface area (Å²) in [6.07, 6.45) is 2.81. The number of benzene rings is 2. The van der Waals surface area contributed by atoms with E-state index >= 15 is 0 Å². The smallest absolute Gasteiger partial charge is 0.269 e. The van der Waals surface area contributed by atoms with Gasteiger partial charge in [0, 0.05) is 24.3 Å². The fraction of sp³-hybridized carbons (Fsp3) is 0.105. The number of non-ortho nitro benzene ring substituents is 1. The van der Waals surface area contributed by atoms with Crippen molar-refractivity contribution < 1.29 is 19.2 Å². The Morgan fingerprint density at radius 3 is 2.59 bits per heavy atom. The van der Waals surface area contributed by atoms with Crippen LogP contribution in [0.15, 0.2) is 48.5 Å². The molecule has 1 aromatic heterocycles. The Labute approximate surface area is 165 Å². The summed E-state index contributed by atoms with van der Waals surface area (Å²) < 4.78 is 10.5. The normalized spacial score (nSPS) is 10.7. The highest BCUT2D eigenvalue weighted by Gasteiger charge is 2.13. The van der Waals surface area contributed by atoms with Gasteiger partial charge in [0.2, 0.25) is 5.95 Å². The van der Waals surface area contributed by atoms with Crippen molar-refractivity contribution >= 4 is 23.6 Å². The van der Waals surface area contributed by atoms with Crippen LogP contribution in [0.3, 0.4) is 0 Å².